The molecule has 1 heterocycles. The highest BCUT2D eigenvalue weighted by molar-refractivity contribution is 5.57. The van der Waals surface area contributed by atoms with Crippen molar-refractivity contribution in [1.82, 2.24) is 9.97 Å². The molecule has 0 spiro atoms. The van der Waals surface area contributed by atoms with E-state index in [4.69, 9.17) is 9.47 Å². The quantitative estimate of drug-likeness (QED) is 0.675. The first-order chi connectivity index (χ1) is 9.60. The topological polar surface area (TPSA) is 68.3 Å². The molecule has 0 atom stereocenters. The summed E-state index contributed by atoms with van der Waals surface area (Å²) in [6.45, 7) is 8.74. The number of nitrogens with one attached hydrogen (secondary N) is 2. The fraction of sp³-hybridized carbons (Fsp3) is 0.714. The lowest BCUT2D eigenvalue weighted by Gasteiger charge is -2.15. The molecule has 20 heavy (non-hydrogen) atoms. The lowest BCUT2D eigenvalue weighted by Crippen LogP contribution is -2.15. The molecule has 0 amide bonds. The number of methoxy groups -OCH3 is 1. The van der Waals surface area contributed by atoms with Crippen molar-refractivity contribution in [3.8, 4) is 0 Å². The van der Waals surface area contributed by atoms with Gasteiger partial charge in [0.05, 0.1) is 19.8 Å². The van der Waals surface area contributed by atoms with Crippen LogP contribution in [0.2, 0.25) is 0 Å². The van der Waals surface area contributed by atoms with Gasteiger partial charge in [0.2, 0.25) is 0 Å². The van der Waals surface area contributed by atoms with E-state index in [-0.39, 0.29) is 0 Å². The fourth-order valence-electron chi connectivity index (χ4n) is 1.69. The molecular weight excluding hydrogens is 256 g/mol. The molecule has 0 aliphatic carbocycles. The summed E-state index contributed by atoms with van der Waals surface area (Å²) >= 11 is 0. The van der Waals surface area contributed by atoms with E-state index < -0.39 is 0 Å². The minimum Gasteiger partial charge on any atom is -0.382 e. The fourth-order valence-corrected chi connectivity index (χ4v) is 1.69. The maximum Gasteiger partial charge on any atom is 0.135 e. The largest absolute Gasteiger partial charge is 0.382 e. The summed E-state index contributed by atoms with van der Waals surface area (Å²) in [6, 6.07) is 0. The second kappa shape index (κ2) is 8.71. The lowest BCUT2D eigenvalue weighted by molar-refractivity contribution is 0.0759. The van der Waals surface area contributed by atoms with E-state index in [1.165, 1.54) is 0 Å². The number of nitrogens with zero attached hydrogens (tertiary/aromatic N) is 2. The Morgan fingerprint density at radius 1 is 1.10 bits per heavy atom. The van der Waals surface area contributed by atoms with Gasteiger partial charge in [0, 0.05) is 32.2 Å². The van der Waals surface area contributed by atoms with Crippen LogP contribution in [-0.2, 0) is 9.47 Å². The summed E-state index contributed by atoms with van der Waals surface area (Å²) < 4.78 is 10.3. The maximum atomic E-state index is 5.42. The van der Waals surface area contributed by atoms with Crippen molar-refractivity contribution < 1.29 is 9.47 Å². The van der Waals surface area contributed by atoms with Gasteiger partial charge in [0.15, 0.2) is 0 Å². The number of hydrogen-bond donors (Lipinski definition) is 2. The first-order valence-corrected chi connectivity index (χ1v) is 6.97. The van der Waals surface area contributed by atoms with Crippen molar-refractivity contribution in [2.75, 3.05) is 51.2 Å². The number of anilines is 2. The Bertz CT molecular complexity index is 410. The molecule has 114 valence electrons. The molecule has 0 fully saturated rings. The zero-order valence-corrected chi connectivity index (χ0v) is 13.1. The zero-order chi connectivity index (χ0) is 15.0. The molecule has 0 saturated heterocycles. The SMILES string of the molecule is CNc1nc(C(C)C)nc(NCCOCCOC)c1C. The third-order valence-corrected chi connectivity index (χ3v) is 2.89. The molecule has 1 aromatic rings. The first-order valence-electron chi connectivity index (χ1n) is 6.97. The van der Waals surface area contributed by atoms with E-state index in [9.17, 15) is 0 Å². The van der Waals surface area contributed by atoms with Crippen LogP contribution in [-0.4, -0.2) is 50.5 Å². The van der Waals surface area contributed by atoms with Gasteiger partial charge in [0.1, 0.15) is 17.5 Å². The van der Waals surface area contributed by atoms with Crippen molar-refractivity contribution >= 4 is 11.6 Å². The number of aromatic nitrogens is 2. The van der Waals surface area contributed by atoms with Gasteiger partial charge in [-0.3, -0.25) is 0 Å². The Hall–Kier alpha value is -1.40. The van der Waals surface area contributed by atoms with Gasteiger partial charge in [-0.15, -0.1) is 0 Å². The Morgan fingerprint density at radius 3 is 2.40 bits per heavy atom. The lowest BCUT2D eigenvalue weighted by atomic mass is 10.2. The van der Waals surface area contributed by atoms with Crippen LogP contribution in [0, 0.1) is 6.92 Å². The van der Waals surface area contributed by atoms with E-state index >= 15 is 0 Å². The zero-order valence-electron chi connectivity index (χ0n) is 13.1. The van der Waals surface area contributed by atoms with E-state index in [0.29, 0.717) is 32.3 Å². The van der Waals surface area contributed by atoms with Crippen molar-refractivity contribution in [1.29, 1.82) is 0 Å². The summed E-state index contributed by atoms with van der Waals surface area (Å²) in [7, 11) is 3.54. The highest BCUT2D eigenvalue weighted by atomic mass is 16.5. The van der Waals surface area contributed by atoms with E-state index in [2.05, 4.69) is 34.4 Å². The Labute approximate surface area is 121 Å². The Balaban J connectivity index is 2.61. The molecular formula is C14H26N4O2. The molecule has 0 unspecified atom stereocenters. The first kappa shape index (κ1) is 16.7. The highest BCUT2D eigenvalue weighted by Crippen LogP contribution is 2.22. The van der Waals surface area contributed by atoms with Crippen molar-refractivity contribution in [2.45, 2.75) is 26.7 Å². The molecule has 0 radical (unpaired) electrons. The summed E-state index contributed by atoms with van der Waals surface area (Å²) in [5.74, 6) is 2.86. The smallest absolute Gasteiger partial charge is 0.135 e. The average molecular weight is 282 g/mol. The second-order valence-corrected chi connectivity index (χ2v) is 4.84. The normalized spacial score (nSPS) is 10.9. The number of rotatable bonds is 9. The molecule has 0 saturated carbocycles. The van der Waals surface area contributed by atoms with Crippen LogP contribution in [0.25, 0.3) is 0 Å². The van der Waals surface area contributed by atoms with Gasteiger partial charge in [-0.1, -0.05) is 13.8 Å². The van der Waals surface area contributed by atoms with Crippen LogP contribution < -0.4 is 10.6 Å². The Morgan fingerprint density at radius 2 is 1.80 bits per heavy atom. The standard InChI is InChI=1S/C14H26N4O2/c1-10(2)12-17-13(15-4)11(3)14(18-12)16-6-7-20-9-8-19-5/h10H,6-9H2,1-5H3,(H2,15,16,17,18). The van der Waals surface area contributed by atoms with Crippen LogP contribution in [0.3, 0.4) is 0 Å². The monoisotopic (exact) mass is 282 g/mol. The molecule has 0 aliphatic rings. The van der Waals surface area contributed by atoms with Crippen molar-refractivity contribution in [3.05, 3.63) is 11.4 Å². The predicted molar refractivity (Wildman–Crippen MR) is 81.6 cm³/mol. The molecule has 0 aliphatic heterocycles. The summed E-state index contributed by atoms with van der Waals surface area (Å²) in [6.07, 6.45) is 0. The molecule has 0 aromatic carbocycles. The summed E-state index contributed by atoms with van der Waals surface area (Å²) in [4.78, 5) is 9.08. The molecule has 1 rings (SSSR count). The summed E-state index contributed by atoms with van der Waals surface area (Å²) in [5.41, 5.74) is 1.02. The Kier molecular flexibility index (Phi) is 7.25. The van der Waals surface area contributed by atoms with Crippen LogP contribution in [0.4, 0.5) is 11.6 Å². The van der Waals surface area contributed by atoms with Gasteiger partial charge in [-0.25, -0.2) is 9.97 Å². The van der Waals surface area contributed by atoms with Crippen LogP contribution in [0.5, 0.6) is 0 Å². The molecule has 0 bridgehead atoms. The van der Waals surface area contributed by atoms with Crippen LogP contribution >= 0.6 is 0 Å². The minimum absolute atomic E-state index is 0.293. The van der Waals surface area contributed by atoms with E-state index in [0.717, 1.165) is 23.0 Å². The van der Waals surface area contributed by atoms with Gasteiger partial charge < -0.3 is 20.1 Å². The van der Waals surface area contributed by atoms with E-state index in [1.54, 1.807) is 7.11 Å². The number of hydrogen-bond acceptors (Lipinski definition) is 6. The predicted octanol–water partition coefficient (Wildman–Crippen LogP) is 2.03. The van der Waals surface area contributed by atoms with Gasteiger partial charge >= 0.3 is 0 Å². The third-order valence-electron chi connectivity index (χ3n) is 2.89. The molecule has 1 aromatic heterocycles. The summed E-state index contributed by atoms with van der Waals surface area (Å²) in [5, 5.41) is 6.41. The molecule has 2 N–H and O–H groups in total. The second-order valence-electron chi connectivity index (χ2n) is 4.84. The van der Waals surface area contributed by atoms with Crippen LogP contribution in [0.1, 0.15) is 31.2 Å². The van der Waals surface area contributed by atoms with Crippen molar-refractivity contribution in [2.24, 2.45) is 0 Å². The van der Waals surface area contributed by atoms with Gasteiger partial charge in [-0.05, 0) is 6.92 Å². The number of ether oxygens (including phenoxy) is 2. The minimum atomic E-state index is 0.293. The van der Waals surface area contributed by atoms with Crippen molar-refractivity contribution in [3.63, 3.8) is 0 Å². The molecule has 6 nitrogen and oxygen atoms in total. The van der Waals surface area contributed by atoms with Crippen LogP contribution in [0.15, 0.2) is 0 Å². The maximum absolute atomic E-state index is 5.42. The van der Waals surface area contributed by atoms with Gasteiger partial charge in [-0.2, -0.15) is 0 Å². The third kappa shape index (κ3) is 4.94. The average Bonchev–Trinajstić information content (AvgIpc) is 2.44. The molecule has 6 heteroatoms. The van der Waals surface area contributed by atoms with E-state index in [1.807, 2.05) is 14.0 Å². The highest BCUT2D eigenvalue weighted by Gasteiger charge is 2.11. The van der Waals surface area contributed by atoms with Gasteiger partial charge in [0.25, 0.3) is 0 Å².